The molecule has 0 saturated heterocycles. The summed E-state index contributed by atoms with van der Waals surface area (Å²) in [6.45, 7) is 3.05. The lowest BCUT2D eigenvalue weighted by atomic mass is 10.1. The van der Waals surface area contributed by atoms with Crippen molar-refractivity contribution >= 4 is 11.4 Å². The van der Waals surface area contributed by atoms with E-state index in [0.29, 0.717) is 0 Å². The summed E-state index contributed by atoms with van der Waals surface area (Å²) in [4.78, 5) is 8.92. The Bertz CT molecular complexity index is 524. The lowest BCUT2D eigenvalue weighted by Gasteiger charge is -2.37. The van der Waals surface area contributed by atoms with Crippen molar-refractivity contribution in [1.82, 2.24) is 4.98 Å². The first-order valence-corrected chi connectivity index (χ1v) is 6.28. The van der Waals surface area contributed by atoms with Gasteiger partial charge in [0.1, 0.15) is 0 Å². The molecule has 0 atom stereocenters. The van der Waals surface area contributed by atoms with Gasteiger partial charge in [0.2, 0.25) is 0 Å². The van der Waals surface area contributed by atoms with Crippen LogP contribution in [0.1, 0.15) is 5.56 Å². The molecule has 0 bridgehead atoms. The number of nitrogens with zero attached hydrogens (tertiary/aromatic N) is 3. The Labute approximate surface area is 108 Å². The quantitative estimate of drug-likeness (QED) is 0.803. The Morgan fingerprint density at radius 3 is 2.67 bits per heavy atom. The number of benzene rings is 1. The van der Waals surface area contributed by atoms with E-state index in [1.807, 2.05) is 18.5 Å². The monoisotopic (exact) mass is 239 g/mol. The minimum absolute atomic E-state index is 0.929. The Balaban J connectivity index is 1.89. The molecule has 18 heavy (non-hydrogen) atoms. The molecule has 0 fully saturated rings. The highest BCUT2D eigenvalue weighted by Gasteiger charge is 2.19. The molecule has 1 aliphatic heterocycles. The van der Waals surface area contributed by atoms with Crippen LogP contribution in [0.3, 0.4) is 0 Å². The third-order valence-corrected chi connectivity index (χ3v) is 3.44. The summed E-state index contributed by atoms with van der Waals surface area (Å²) >= 11 is 0. The second kappa shape index (κ2) is 4.69. The van der Waals surface area contributed by atoms with E-state index in [9.17, 15) is 0 Å². The molecular formula is C15H17N3. The van der Waals surface area contributed by atoms with E-state index in [1.54, 1.807) is 0 Å². The van der Waals surface area contributed by atoms with E-state index >= 15 is 0 Å². The van der Waals surface area contributed by atoms with Gasteiger partial charge in [-0.15, -0.1) is 0 Å². The largest absolute Gasteiger partial charge is 0.371 e. The molecule has 0 saturated carbocycles. The zero-order valence-electron chi connectivity index (χ0n) is 10.6. The lowest BCUT2D eigenvalue weighted by molar-refractivity contribution is 0.733. The van der Waals surface area contributed by atoms with Crippen molar-refractivity contribution in [2.45, 2.75) is 6.54 Å². The predicted octanol–water partition coefficient (Wildman–Crippen LogP) is 2.54. The normalized spacial score (nSPS) is 14.5. The summed E-state index contributed by atoms with van der Waals surface area (Å²) < 4.78 is 0. The van der Waals surface area contributed by atoms with Crippen LogP contribution >= 0.6 is 0 Å². The number of para-hydroxylation sites is 2. The number of pyridine rings is 1. The maximum Gasteiger partial charge on any atom is 0.0607 e. The molecule has 0 radical (unpaired) electrons. The Kier molecular flexibility index (Phi) is 2.89. The standard InChI is InChI=1S/C15H17N3/c1-17-9-10-18(12-13-5-4-8-16-11-13)15-7-3-2-6-14(15)17/h2-8,11H,9-10,12H2,1H3. The van der Waals surface area contributed by atoms with Crippen molar-refractivity contribution in [3.8, 4) is 0 Å². The number of hydrogen-bond acceptors (Lipinski definition) is 3. The maximum atomic E-state index is 4.18. The molecular weight excluding hydrogens is 222 g/mol. The van der Waals surface area contributed by atoms with E-state index in [2.05, 4.69) is 52.2 Å². The summed E-state index contributed by atoms with van der Waals surface area (Å²) in [5.74, 6) is 0. The fourth-order valence-corrected chi connectivity index (χ4v) is 2.44. The van der Waals surface area contributed by atoms with Crippen LogP contribution in [0.4, 0.5) is 11.4 Å². The minimum Gasteiger partial charge on any atom is -0.371 e. The first-order chi connectivity index (χ1) is 8.84. The molecule has 0 aliphatic carbocycles. The number of likely N-dealkylation sites (N-methyl/N-ethyl adjacent to an activating group) is 1. The molecule has 3 nitrogen and oxygen atoms in total. The van der Waals surface area contributed by atoms with Gasteiger partial charge in [-0.05, 0) is 23.8 Å². The van der Waals surface area contributed by atoms with Gasteiger partial charge in [-0.2, -0.15) is 0 Å². The van der Waals surface area contributed by atoms with E-state index in [4.69, 9.17) is 0 Å². The first kappa shape index (κ1) is 11.1. The smallest absolute Gasteiger partial charge is 0.0607 e. The van der Waals surface area contributed by atoms with Gasteiger partial charge >= 0.3 is 0 Å². The van der Waals surface area contributed by atoms with E-state index in [1.165, 1.54) is 16.9 Å². The van der Waals surface area contributed by atoms with Crippen molar-refractivity contribution < 1.29 is 0 Å². The van der Waals surface area contributed by atoms with Crippen molar-refractivity contribution in [2.24, 2.45) is 0 Å². The van der Waals surface area contributed by atoms with E-state index in [-0.39, 0.29) is 0 Å². The topological polar surface area (TPSA) is 19.4 Å². The highest BCUT2D eigenvalue weighted by molar-refractivity contribution is 5.73. The number of anilines is 2. The SMILES string of the molecule is CN1CCN(Cc2cccnc2)c2ccccc21. The molecule has 3 rings (SSSR count). The maximum absolute atomic E-state index is 4.18. The summed E-state index contributed by atoms with van der Waals surface area (Å²) in [6.07, 6.45) is 3.77. The molecule has 0 amide bonds. The van der Waals surface area contributed by atoms with Crippen molar-refractivity contribution in [2.75, 3.05) is 29.9 Å². The molecule has 1 aliphatic rings. The molecule has 3 heteroatoms. The van der Waals surface area contributed by atoms with Crippen LogP contribution < -0.4 is 9.80 Å². The van der Waals surface area contributed by atoms with Gasteiger partial charge < -0.3 is 9.80 Å². The van der Waals surface area contributed by atoms with Crippen molar-refractivity contribution in [1.29, 1.82) is 0 Å². The predicted molar refractivity (Wildman–Crippen MR) is 75.0 cm³/mol. The molecule has 2 heterocycles. The van der Waals surface area contributed by atoms with Crippen LogP contribution in [0.2, 0.25) is 0 Å². The van der Waals surface area contributed by atoms with Crippen LogP contribution in [-0.4, -0.2) is 25.1 Å². The first-order valence-electron chi connectivity index (χ1n) is 6.28. The van der Waals surface area contributed by atoms with Gasteiger partial charge in [-0.1, -0.05) is 18.2 Å². The van der Waals surface area contributed by atoms with Crippen LogP contribution in [0, 0.1) is 0 Å². The van der Waals surface area contributed by atoms with Gasteiger partial charge in [-0.25, -0.2) is 0 Å². The van der Waals surface area contributed by atoms with Gasteiger partial charge in [0.05, 0.1) is 11.4 Å². The third-order valence-electron chi connectivity index (χ3n) is 3.44. The van der Waals surface area contributed by atoms with Gasteiger partial charge in [0.15, 0.2) is 0 Å². The average Bonchev–Trinajstić information content (AvgIpc) is 2.44. The second-order valence-corrected chi connectivity index (χ2v) is 4.69. The van der Waals surface area contributed by atoms with E-state index < -0.39 is 0 Å². The fraction of sp³-hybridized carbons (Fsp3) is 0.267. The van der Waals surface area contributed by atoms with Crippen molar-refractivity contribution in [3.63, 3.8) is 0 Å². The highest BCUT2D eigenvalue weighted by atomic mass is 15.2. The number of aromatic nitrogens is 1. The highest BCUT2D eigenvalue weighted by Crippen LogP contribution is 2.32. The Hall–Kier alpha value is -2.03. The molecule has 0 N–H and O–H groups in total. The Morgan fingerprint density at radius 1 is 1.06 bits per heavy atom. The molecule has 1 aromatic carbocycles. The van der Waals surface area contributed by atoms with Crippen LogP contribution in [0.25, 0.3) is 0 Å². The van der Waals surface area contributed by atoms with Crippen LogP contribution in [-0.2, 0) is 6.54 Å². The second-order valence-electron chi connectivity index (χ2n) is 4.69. The number of rotatable bonds is 2. The average molecular weight is 239 g/mol. The summed E-state index contributed by atoms with van der Waals surface area (Å²) in [5, 5.41) is 0. The van der Waals surface area contributed by atoms with Gasteiger partial charge in [0, 0.05) is 39.1 Å². The van der Waals surface area contributed by atoms with Gasteiger partial charge in [0.25, 0.3) is 0 Å². The summed E-state index contributed by atoms with van der Waals surface area (Å²) in [5.41, 5.74) is 3.89. The van der Waals surface area contributed by atoms with E-state index in [0.717, 1.165) is 19.6 Å². The lowest BCUT2D eigenvalue weighted by Crippen LogP contribution is -2.38. The van der Waals surface area contributed by atoms with Crippen LogP contribution in [0.5, 0.6) is 0 Å². The van der Waals surface area contributed by atoms with Crippen molar-refractivity contribution in [3.05, 3.63) is 54.4 Å². The molecule has 2 aromatic rings. The minimum atomic E-state index is 0.929. The molecule has 1 aromatic heterocycles. The molecule has 0 unspecified atom stereocenters. The summed E-state index contributed by atoms with van der Waals surface area (Å²) in [6, 6.07) is 12.7. The summed E-state index contributed by atoms with van der Waals surface area (Å²) in [7, 11) is 2.15. The number of fused-ring (bicyclic) bond motifs is 1. The molecule has 0 spiro atoms. The zero-order chi connectivity index (χ0) is 12.4. The van der Waals surface area contributed by atoms with Gasteiger partial charge in [-0.3, -0.25) is 4.98 Å². The molecule has 92 valence electrons. The Morgan fingerprint density at radius 2 is 1.89 bits per heavy atom. The fourth-order valence-electron chi connectivity index (χ4n) is 2.44. The number of hydrogen-bond donors (Lipinski definition) is 0. The zero-order valence-corrected chi connectivity index (χ0v) is 10.6. The third kappa shape index (κ3) is 2.04. The van der Waals surface area contributed by atoms with Crippen LogP contribution in [0.15, 0.2) is 48.8 Å².